The number of aromatic carboxylic acids is 1. The molecule has 86 valence electrons. The van der Waals surface area contributed by atoms with E-state index in [1.807, 2.05) is 0 Å². The number of amides is 1. The third-order valence-corrected chi connectivity index (χ3v) is 1.91. The number of aromatic hydroxyl groups is 1. The fourth-order valence-corrected chi connectivity index (χ4v) is 1.16. The third-order valence-electron chi connectivity index (χ3n) is 1.91. The maximum Gasteiger partial charge on any atom is 0.339 e. The molecule has 1 rings (SSSR count). The number of phenols is 1. The van der Waals surface area contributed by atoms with Crippen molar-refractivity contribution in [3.63, 3.8) is 0 Å². The van der Waals surface area contributed by atoms with Crippen LogP contribution in [0.1, 0.15) is 20.7 Å². The molecular formula is C10H11NO5. The van der Waals surface area contributed by atoms with Crippen LogP contribution >= 0.6 is 0 Å². The molecule has 0 heterocycles. The van der Waals surface area contributed by atoms with E-state index in [0.717, 1.165) is 0 Å². The highest BCUT2D eigenvalue weighted by Gasteiger charge is 2.17. The molecule has 0 saturated carbocycles. The van der Waals surface area contributed by atoms with E-state index in [-0.39, 0.29) is 24.3 Å². The lowest BCUT2D eigenvalue weighted by Gasteiger charge is -2.07. The Morgan fingerprint density at radius 3 is 2.44 bits per heavy atom. The zero-order valence-electron chi connectivity index (χ0n) is 8.30. The molecule has 0 fully saturated rings. The largest absolute Gasteiger partial charge is 0.506 e. The number of carboxylic acids is 1. The van der Waals surface area contributed by atoms with Gasteiger partial charge in [-0.15, -0.1) is 0 Å². The Labute approximate surface area is 91.1 Å². The third kappa shape index (κ3) is 2.48. The van der Waals surface area contributed by atoms with E-state index in [4.69, 9.17) is 10.2 Å². The molecule has 0 bridgehead atoms. The average molecular weight is 225 g/mol. The molecule has 0 spiro atoms. The fraction of sp³-hybridized carbons (Fsp3) is 0.200. The van der Waals surface area contributed by atoms with E-state index in [0.29, 0.717) is 0 Å². The molecule has 6 heteroatoms. The minimum Gasteiger partial charge on any atom is -0.506 e. The van der Waals surface area contributed by atoms with Crippen LogP contribution in [0.2, 0.25) is 0 Å². The second-order valence-corrected chi connectivity index (χ2v) is 2.99. The van der Waals surface area contributed by atoms with Crippen molar-refractivity contribution in [2.24, 2.45) is 0 Å². The van der Waals surface area contributed by atoms with Gasteiger partial charge in [0, 0.05) is 6.54 Å². The molecule has 1 aromatic carbocycles. The van der Waals surface area contributed by atoms with Crippen LogP contribution in [0.3, 0.4) is 0 Å². The topological polar surface area (TPSA) is 107 Å². The van der Waals surface area contributed by atoms with Crippen molar-refractivity contribution in [1.29, 1.82) is 0 Å². The monoisotopic (exact) mass is 225 g/mol. The van der Waals surface area contributed by atoms with E-state index < -0.39 is 17.6 Å². The number of para-hydroxylation sites is 1. The van der Waals surface area contributed by atoms with Crippen molar-refractivity contribution < 1.29 is 24.9 Å². The van der Waals surface area contributed by atoms with Gasteiger partial charge in [-0.3, -0.25) is 4.79 Å². The van der Waals surface area contributed by atoms with Gasteiger partial charge < -0.3 is 20.6 Å². The van der Waals surface area contributed by atoms with Gasteiger partial charge in [0.25, 0.3) is 5.91 Å². The Morgan fingerprint density at radius 1 is 1.25 bits per heavy atom. The van der Waals surface area contributed by atoms with E-state index in [1.165, 1.54) is 18.2 Å². The Morgan fingerprint density at radius 2 is 1.88 bits per heavy atom. The standard InChI is InChI=1S/C10H11NO5/c12-5-4-11-9(14)6-2-1-3-7(8(6)13)10(15)16/h1-3,12-13H,4-5H2,(H,11,14)(H,15,16). The van der Waals surface area contributed by atoms with Crippen molar-refractivity contribution in [3.8, 4) is 5.75 Å². The number of nitrogens with one attached hydrogen (secondary N) is 1. The van der Waals surface area contributed by atoms with Crippen LogP contribution < -0.4 is 5.32 Å². The van der Waals surface area contributed by atoms with Gasteiger partial charge in [-0.25, -0.2) is 4.79 Å². The van der Waals surface area contributed by atoms with Crippen LogP contribution in [0.4, 0.5) is 0 Å². The van der Waals surface area contributed by atoms with Gasteiger partial charge >= 0.3 is 5.97 Å². The Kier molecular flexibility index (Phi) is 3.84. The smallest absolute Gasteiger partial charge is 0.339 e. The number of rotatable bonds is 4. The summed E-state index contributed by atoms with van der Waals surface area (Å²) >= 11 is 0. The van der Waals surface area contributed by atoms with E-state index >= 15 is 0 Å². The molecule has 0 radical (unpaired) electrons. The normalized spacial score (nSPS) is 9.81. The number of carboxylic acid groups (broad SMARTS) is 1. The SMILES string of the molecule is O=C(O)c1cccc(C(=O)NCCO)c1O. The lowest BCUT2D eigenvalue weighted by atomic mass is 10.1. The van der Waals surface area contributed by atoms with Gasteiger partial charge in [0.2, 0.25) is 0 Å². The van der Waals surface area contributed by atoms with Gasteiger partial charge in [0.1, 0.15) is 11.3 Å². The van der Waals surface area contributed by atoms with Gasteiger partial charge in [-0.2, -0.15) is 0 Å². The van der Waals surface area contributed by atoms with Crippen LogP contribution in [-0.2, 0) is 0 Å². The average Bonchev–Trinajstić information content (AvgIpc) is 2.25. The zero-order chi connectivity index (χ0) is 12.1. The summed E-state index contributed by atoms with van der Waals surface area (Å²) in [5.41, 5.74) is -0.468. The maximum absolute atomic E-state index is 11.4. The minimum absolute atomic E-state index is 0.0373. The molecule has 16 heavy (non-hydrogen) atoms. The number of hydrogen-bond donors (Lipinski definition) is 4. The highest BCUT2D eigenvalue weighted by Crippen LogP contribution is 2.22. The Balaban J connectivity index is 3.01. The summed E-state index contributed by atoms with van der Waals surface area (Å²) in [6.07, 6.45) is 0. The summed E-state index contributed by atoms with van der Waals surface area (Å²) in [5.74, 6) is -2.52. The number of aliphatic hydroxyl groups excluding tert-OH is 1. The quantitative estimate of drug-likeness (QED) is 0.568. The molecular weight excluding hydrogens is 214 g/mol. The first-order valence-electron chi connectivity index (χ1n) is 4.52. The van der Waals surface area contributed by atoms with Crippen LogP contribution in [0.5, 0.6) is 5.75 Å². The first-order chi connectivity index (χ1) is 7.57. The number of carbonyl (C=O) groups is 2. The summed E-state index contributed by atoms with van der Waals surface area (Å²) in [5, 5.41) is 29.1. The molecule has 1 amide bonds. The summed E-state index contributed by atoms with van der Waals surface area (Å²) in [6, 6.07) is 3.85. The van der Waals surface area contributed by atoms with Crippen molar-refractivity contribution in [3.05, 3.63) is 29.3 Å². The highest BCUT2D eigenvalue weighted by molar-refractivity contribution is 6.01. The van der Waals surface area contributed by atoms with Gasteiger partial charge in [0.05, 0.1) is 12.2 Å². The van der Waals surface area contributed by atoms with Crippen molar-refractivity contribution >= 4 is 11.9 Å². The van der Waals surface area contributed by atoms with Crippen LogP contribution in [0, 0.1) is 0 Å². The van der Waals surface area contributed by atoms with Crippen molar-refractivity contribution in [1.82, 2.24) is 5.32 Å². The molecule has 0 aliphatic heterocycles. The first kappa shape index (κ1) is 12.0. The molecule has 0 aliphatic rings. The van der Waals surface area contributed by atoms with E-state index in [1.54, 1.807) is 0 Å². The van der Waals surface area contributed by atoms with Crippen LogP contribution in [0.25, 0.3) is 0 Å². The first-order valence-corrected chi connectivity index (χ1v) is 4.52. The van der Waals surface area contributed by atoms with Crippen LogP contribution in [-0.4, -0.2) is 40.3 Å². The van der Waals surface area contributed by atoms with Gasteiger partial charge in [-0.05, 0) is 12.1 Å². The lowest BCUT2D eigenvalue weighted by molar-refractivity contribution is 0.0693. The Hall–Kier alpha value is -2.08. The number of aliphatic hydroxyl groups is 1. The summed E-state index contributed by atoms with van der Waals surface area (Å²) in [7, 11) is 0. The number of carbonyl (C=O) groups excluding carboxylic acids is 1. The molecule has 0 saturated heterocycles. The minimum atomic E-state index is -1.31. The second kappa shape index (κ2) is 5.13. The summed E-state index contributed by atoms with van der Waals surface area (Å²) < 4.78 is 0. The van der Waals surface area contributed by atoms with Gasteiger partial charge in [-0.1, -0.05) is 6.07 Å². The molecule has 4 N–H and O–H groups in total. The molecule has 0 aromatic heterocycles. The predicted molar refractivity (Wildman–Crippen MR) is 54.5 cm³/mol. The predicted octanol–water partition coefficient (Wildman–Crippen LogP) is -0.188. The van der Waals surface area contributed by atoms with Gasteiger partial charge in [0.15, 0.2) is 0 Å². The molecule has 0 atom stereocenters. The van der Waals surface area contributed by atoms with E-state index in [2.05, 4.69) is 5.32 Å². The Bertz CT molecular complexity index is 416. The van der Waals surface area contributed by atoms with Crippen molar-refractivity contribution in [2.75, 3.05) is 13.2 Å². The number of benzene rings is 1. The van der Waals surface area contributed by atoms with E-state index in [9.17, 15) is 14.7 Å². The van der Waals surface area contributed by atoms with Crippen molar-refractivity contribution in [2.45, 2.75) is 0 Å². The zero-order valence-corrected chi connectivity index (χ0v) is 8.30. The molecule has 0 unspecified atom stereocenters. The fourth-order valence-electron chi connectivity index (χ4n) is 1.16. The summed E-state index contributed by atoms with van der Waals surface area (Å²) in [4.78, 5) is 22.1. The maximum atomic E-state index is 11.4. The molecule has 1 aromatic rings. The molecule has 6 nitrogen and oxygen atoms in total. The second-order valence-electron chi connectivity index (χ2n) is 2.99. The molecule has 0 aliphatic carbocycles. The summed E-state index contributed by atoms with van der Waals surface area (Å²) in [6.45, 7) is -0.194. The lowest BCUT2D eigenvalue weighted by Crippen LogP contribution is -2.26. The van der Waals surface area contributed by atoms with Crippen LogP contribution in [0.15, 0.2) is 18.2 Å². The number of hydrogen-bond acceptors (Lipinski definition) is 4. The highest BCUT2D eigenvalue weighted by atomic mass is 16.4.